The molecule has 0 heterocycles. The van der Waals surface area contributed by atoms with Crippen LogP contribution in [-0.4, -0.2) is 26.2 Å². The first-order valence-corrected chi connectivity index (χ1v) is 9.50. The fourth-order valence-electron chi connectivity index (χ4n) is 2.39. The Morgan fingerprint density at radius 2 is 1.00 bits per heavy atom. The number of methoxy groups -OCH3 is 2. The molecular formula is C24H28O6. The number of hydrogen-bond donors (Lipinski definition) is 0. The summed E-state index contributed by atoms with van der Waals surface area (Å²) in [5.74, 6) is 1.91. The van der Waals surface area contributed by atoms with Crippen LogP contribution in [0.15, 0.2) is 60.7 Å². The molecule has 0 amide bonds. The molecule has 6 heteroatoms. The van der Waals surface area contributed by atoms with Gasteiger partial charge in [-0.3, -0.25) is 9.59 Å². The van der Waals surface area contributed by atoms with E-state index in [0.29, 0.717) is 17.2 Å². The van der Waals surface area contributed by atoms with Crippen LogP contribution in [0.25, 0.3) is 10.8 Å². The zero-order valence-electron chi connectivity index (χ0n) is 18.2. The van der Waals surface area contributed by atoms with Crippen molar-refractivity contribution in [1.82, 2.24) is 0 Å². The maximum Gasteiger partial charge on any atom is 0.308 e. The van der Waals surface area contributed by atoms with Crippen molar-refractivity contribution in [3.8, 4) is 23.0 Å². The summed E-state index contributed by atoms with van der Waals surface area (Å²) in [5, 5.41) is 2.06. The van der Waals surface area contributed by atoms with E-state index < -0.39 is 0 Å². The van der Waals surface area contributed by atoms with Gasteiger partial charge in [-0.15, -0.1) is 0 Å². The van der Waals surface area contributed by atoms with Crippen molar-refractivity contribution in [3.63, 3.8) is 0 Å². The molecule has 3 aromatic rings. The maximum atomic E-state index is 10.8. The van der Waals surface area contributed by atoms with E-state index in [0.717, 1.165) is 16.5 Å². The summed E-state index contributed by atoms with van der Waals surface area (Å²) in [6, 6.07) is 18.1. The van der Waals surface area contributed by atoms with Crippen molar-refractivity contribution in [2.24, 2.45) is 0 Å². The minimum atomic E-state index is -0.330. The molecule has 0 aliphatic heterocycles. The number of rotatable bonds is 4. The molecule has 3 aromatic carbocycles. The Kier molecular flexibility index (Phi) is 10.5. The maximum absolute atomic E-state index is 10.8. The number of hydrogen-bond acceptors (Lipinski definition) is 6. The van der Waals surface area contributed by atoms with Gasteiger partial charge in [0, 0.05) is 19.9 Å². The van der Waals surface area contributed by atoms with E-state index in [2.05, 4.69) is 0 Å². The lowest BCUT2D eigenvalue weighted by Gasteiger charge is -2.05. The van der Waals surface area contributed by atoms with Gasteiger partial charge in [0.05, 0.1) is 14.2 Å². The summed E-state index contributed by atoms with van der Waals surface area (Å²) in [5.41, 5.74) is 0. The number of carbonyl (C=O) groups is 2. The number of benzene rings is 3. The molecular weight excluding hydrogens is 384 g/mol. The lowest BCUT2D eigenvalue weighted by atomic mass is 10.1. The highest BCUT2D eigenvalue weighted by Crippen LogP contribution is 2.24. The minimum absolute atomic E-state index is 0.312. The number of esters is 2. The fraction of sp³-hybridized carbons (Fsp3) is 0.250. The molecule has 0 saturated carbocycles. The van der Waals surface area contributed by atoms with Crippen molar-refractivity contribution in [3.05, 3.63) is 60.7 Å². The van der Waals surface area contributed by atoms with Crippen molar-refractivity contribution >= 4 is 22.7 Å². The average molecular weight is 412 g/mol. The first kappa shape index (κ1) is 24.5. The normalized spacial score (nSPS) is 9.27. The highest BCUT2D eigenvalue weighted by molar-refractivity contribution is 5.86. The molecule has 0 saturated heterocycles. The molecule has 0 atom stereocenters. The summed E-state index contributed by atoms with van der Waals surface area (Å²) >= 11 is 0. The number of fused-ring (bicyclic) bond motifs is 1. The lowest BCUT2D eigenvalue weighted by molar-refractivity contribution is -0.132. The van der Waals surface area contributed by atoms with Crippen molar-refractivity contribution in [2.45, 2.75) is 27.7 Å². The van der Waals surface area contributed by atoms with Crippen LogP contribution >= 0.6 is 0 Å². The SMILES string of the molecule is CC.COc1ccc2cc(OC(C)=O)ccc2c1.COc1cccc(OC(C)=O)c1. The summed E-state index contributed by atoms with van der Waals surface area (Å²) < 4.78 is 19.9. The molecule has 0 fully saturated rings. The Morgan fingerprint density at radius 1 is 0.600 bits per heavy atom. The van der Waals surface area contributed by atoms with E-state index in [4.69, 9.17) is 18.9 Å². The van der Waals surface area contributed by atoms with Crippen LogP contribution in [0.5, 0.6) is 23.0 Å². The molecule has 0 spiro atoms. The molecule has 0 bridgehead atoms. The van der Waals surface area contributed by atoms with E-state index in [1.54, 1.807) is 44.6 Å². The second-order valence-corrected chi connectivity index (χ2v) is 5.74. The second-order valence-electron chi connectivity index (χ2n) is 5.74. The topological polar surface area (TPSA) is 71.1 Å². The molecule has 30 heavy (non-hydrogen) atoms. The molecule has 0 aliphatic carbocycles. The van der Waals surface area contributed by atoms with E-state index in [1.165, 1.54) is 13.8 Å². The van der Waals surface area contributed by atoms with Crippen molar-refractivity contribution in [1.29, 1.82) is 0 Å². The Balaban J connectivity index is 0.000000287. The molecule has 6 nitrogen and oxygen atoms in total. The quantitative estimate of drug-likeness (QED) is 0.421. The molecule has 0 aliphatic rings. The standard InChI is InChI=1S/C13H12O3.C9H10O3.C2H6/c1-9(14)16-13-6-4-10-7-12(15-2)5-3-11(10)8-13;1-7(10)12-9-5-3-4-8(6-9)11-2;1-2/h3-8H,1-2H3;3-6H,1-2H3;1-2H3. The number of ether oxygens (including phenoxy) is 4. The van der Waals surface area contributed by atoms with Gasteiger partial charge in [-0.05, 0) is 47.2 Å². The van der Waals surface area contributed by atoms with E-state index in [-0.39, 0.29) is 11.9 Å². The third-order valence-corrected chi connectivity index (χ3v) is 3.58. The molecule has 0 radical (unpaired) electrons. The molecule has 0 N–H and O–H groups in total. The van der Waals surface area contributed by atoms with Gasteiger partial charge in [-0.25, -0.2) is 0 Å². The van der Waals surface area contributed by atoms with Gasteiger partial charge >= 0.3 is 11.9 Å². The Morgan fingerprint density at radius 3 is 1.50 bits per heavy atom. The zero-order valence-corrected chi connectivity index (χ0v) is 18.2. The molecule has 0 unspecified atom stereocenters. The summed E-state index contributed by atoms with van der Waals surface area (Å²) in [4.78, 5) is 21.4. The van der Waals surface area contributed by atoms with Gasteiger partial charge in [0.15, 0.2) is 0 Å². The Hall–Kier alpha value is -3.54. The highest BCUT2D eigenvalue weighted by atomic mass is 16.5. The van der Waals surface area contributed by atoms with Crippen molar-refractivity contribution < 1.29 is 28.5 Å². The summed E-state index contributed by atoms with van der Waals surface area (Å²) in [6.07, 6.45) is 0. The van der Waals surface area contributed by atoms with E-state index in [9.17, 15) is 9.59 Å². The van der Waals surface area contributed by atoms with E-state index in [1.807, 2.05) is 44.2 Å². The smallest absolute Gasteiger partial charge is 0.308 e. The van der Waals surface area contributed by atoms with Gasteiger partial charge in [0.1, 0.15) is 23.0 Å². The second kappa shape index (κ2) is 12.8. The van der Waals surface area contributed by atoms with Crippen LogP contribution in [0.2, 0.25) is 0 Å². The third kappa shape index (κ3) is 8.22. The van der Waals surface area contributed by atoms with Crippen LogP contribution in [0.3, 0.4) is 0 Å². The summed E-state index contributed by atoms with van der Waals surface area (Å²) in [6.45, 7) is 6.75. The zero-order chi connectivity index (χ0) is 22.5. The van der Waals surface area contributed by atoms with Gasteiger partial charge in [-0.2, -0.15) is 0 Å². The predicted molar refractivity (Wildman–Crippen MR) is 117 cm³/mol. The van der Waals surface area contributed by atoms with Gasteiger partial charge in [-0.1, -0.05) is 32.0 Å². The van der Waals surface area contributed by atoms with E-state index >= 15 is 0 Å². The average Bonchev–Trinajstić information content (AvgIpc) is 2.74. The highest BCUT2D eigenvalue weighted by Gasteiger charge is 2.01. The summed E-state index contributed by atoms with van der Waals surface area (Å²) in [7, 11) is 3.20. The lowest BCUT2D eigenvalue weighted by Crippen LogP contribution is -2.01. The van der Waals surface area contributed by atoms with Crippen LogP contribution in [-0.2, 0) is 9.59 Å². The predicted octanol–water partition coefficient (Wildman–Crippen LogP) is 5.42. The van der Waals surface area contributed by atoms with Crippen LogP contribution < -0.4 is 18.9 Å². The third-order valence-electron chi connectivity index (χ3n) is 3.58. The van der Waals surface area contributed by atoms with Crippen LogP contribution in [0, 0.1) is 0 Å². The largest absolute Gasteiger partial charge is 0.497 e. The first-order chi connectivity index (χ1) is 14.4. The molecule has 160 valence electrons. The fourth-order valence-corrected chi connectivity index (χ4v) is 2.39. The van der Waals surface area contributed by atoms with Gasteiger partial charge in [0.2, 0.25) is 0 Å². The van der Waals surface area contributed by atoms with Crippen molar-refractivity contribution in [2.75, 3.05) is 14.2 Å². The first-order valence-electron chi connectivity index (χ1n) is 9.50. The van der Waals surface area contributed by atoms with Gasteiger partial charge < -0.3 is 18.9 Å². The molecule has 0 aromatic heterocycles. The monoisotopic (exact) mass is 412 g/mol. The van der Waals surface area contributed by atoms with Crippen LogP contribution in [0.4, 0.5) is 0 Å². The molecule has 3 rings (SSSR count). The Bertz CT molecular complexity index is 965. The van der Waals surface area contributed by atoms with Gasteiger partial charge in [0.25, 0.3) is 0 Å². The number of carbonyl (C=O) groups excluding carboxylic acids is 2. The Labute approximate surface area is 177 Å². The minimum Gasteiger partial charge on any atom is -0.497 e. The van der Waals surface area contributed by atoms with Crippen LogP contribution in [0.1, 0.15) is 27.7 Å².